The van der Waals surface area contributed by atoms with Crippen LogP contribution in [-0.2, 0) is 6.54 Å². The summed E-state index contributed by atoms with van der Waals surface area (Å²) < 4.78 is 2.00. The number of fused-ring (bicyclic) bond motifs is 1. The lowest BCUT2D eigenvalue weighted by molar-refractivity contribution is 0.162. The molecular formula is C14H21N3O. The summed E-state index contributed by atoms with van der Waals surface area (Å²) in [5.41, 5.74) is 0.913. The Hall–Kier alpha value is -1.39. The Morgan fingerprint density at radius 1 is 1.39 bits per heavy atom. The number of aryl methyl sites for hydroxylation is 1. The fraction of sp³-hybridized carbons (Fsp3) is 0.500. The van der Waals surface area contributed by atoms with Gasteiger partial charge < -0.3 is 10.4 Å². The van der Waals surface area contributed by atoms with Gasteiger partial charge in [-0.3, -0.25) is 4.68 Å². The summed E-state index contributed by atoms with van der Waals surface area (Å²) >= 11 is 0. The summed E-state index contributed by atoms with van der Waals surface area (Å²) in [4.78, 5) is 0. The highest BCUT2D eigenvalue weighted by molar-refractivity contribution is 5.78. The molecule has 98 valence electrons. The average Bonchev–Trinajstić information content (AvgIpc) is 2.80. The summed E-state index contributed by atoms with van der Waals surface area (Å²) in [6, 6.07) is 8.18. The summed E-state index contributed by atoms with van der Waals surface area (Å²) in [7, 11) is 0. The molecule has 1 unspecified atom stereocenters. The quantitative estimate of drug-likeness (QED) is 0.818. The van der Waals surface area contributed by atoms with Gasteiger partial charge in [0.1, 0.15) is 0 Å². The van der Waals surface area contributed by atoms with Crippen molar-refractivity contribution in [2.45, 2.75) is 32.4 Å². The number of hydrogen-bond acceptors (Lipinski definition) is 3. The summed E-state index contributed by atoms with van der Waals surface area (Å²) in [6.07, 6.45) is 2.74. The Balaban J connectivity index is 2.10. The third-order valence-electron chi connectivity index (χ3n) is 3.38. The molecule has 0 saturated heterocycles. The first-order valence-electron chi connectivity index (χ1n) is 6.45. The average molecular weight is 247 g/mol. The van der Waals surface area contributed by atoms with Crippen LogP contribution in [0.25, 0.3) is 10.9 Å². The largest absolute Gasteiger partial charge is 0.394 e. The van der Waals surface area contributed by atoms with E-state index >= 15 is 0 Å². The van der Waals surface area contributed by atoms with Gasteiger partial charge in [-0.1, -0.05) is 25.1 Å². The minimum atomic E-state index is -0.234. The van der Waals surface area contributed by atoms with Gasteiger partial charge >= 0.3 is 0 Å². The number of aromatic nitrogens is 2. The Morgan fingerprint density at radius 3 is 2.89 bits per heavy atom. The van der Waals surface area contributed by atoms with E-state index in [1.54, 1.807) is 0 Å². The molecule has 4 nitrogen and oxygen atoms in total. The van der Waals surface area contributed by atoms with Crippen molar-refractivity contribution in [1.29, 1.82) is 0 Å². The highest BCUT2D eigenvalue weighted by Gasteiger charge is 2.21. The van der Waals surface area contributed by atoms with Crippen molar-refractivity contribution in [2.75, 3.05) is 13.2 Å². The van der Waals surface area contributed by atoms with Gasteiger partial charge in [0.2, 0.25) is 0 Å². The Bertz CT molecular complexity index is 508. The van der Waals surface area contributed by atoms with Gasteiger partial charge in [-0.25, -0.2) is 0 Å². The maximum Gasteiger partial charge on any atom is 0.0682 e. The maximum atomic E-state index is 9.47. The molecule has 1 aromatic heterocycles. The van der Waals surface area contributed by atoms with Crippen LogP contribution < -0.4 is 5.32 Å². The number of rotatable bonds is 6. The molecule has 1 heterocycles. The number of aliphatic hydroxyl groups excluding tert-OH is 1. The molecule has 2 rings (SSSR count). The third-order valence-corrected chi connectivity index (χ3v) is 3.38. The molecule has 0 aliphatic carbocycles. The van der Waals surface area contributed by atoms with Crippen molar-refractivity contribution in [3.8, 4) is 0 Å². The van der Waals surface area contributed by atoms with E-state index in [-0.39, 0.29) is 12.1 Å². The highest BCUT2D eigenvalue weighted by Crippen LogP contribution is 2.16. The van der Waals surface area contributed by atoms with Crippen LogP contribution >= 0.6 is 0 Å². The second kappa shape index (κ2) is 5.50. The molecule has 4 heteroatoms. The molecule has 0 saturated carbocycles. The zero-order valence-corrected chi connectivity index (χ0v) is 11.1. The fourth-order valence-corrected chi connectivity index (χ4v) is 2.21. The number of benzene rings is 1. The molecule has 1 aromatic carbocycles. The van der Waals surface area contributed by atoms with Crippen LogP contribution in [0.15, 0.2) is 30.5 Å². The van der Waals surface area contributed by atoms with Crippen LogP contribution in [0, 0.1) is 0 Å². The molecule has 0 spiro atoms. The van der Waals surface area contributed by atoms with Crippen molar-refractivity contribution < 1.29 is 5.11 Å². The van der Waals surface area contributed by atoms with Gasteiger partial charge in [0.25, 0.3) is 0 Å². The third kappa shape index (κ3) is 2.71. The smallest absolute Gasteiger partial charge is 0.0682 e. The minimum absolute atomic E-state index is 0.139. The Labute approximate surface area is 108 Å². The number of nitrogens with one attached hydrogen (secondary N) is 1. The molecule has 0 fully saturated rings. The van der Waals surface area contributed by atoms with Gasteiger partial charge in [0, 0.05) is 17.5 Å². The van der Waals surface area contributed by atoms with Crippen LogP contribution in [0.4, 0.5) is 0 Å². The van der Waals surface area contributed by atoms with Crippen molar-refractivity contribution in [1.82, 2.24) is 15.1 Å². The molecule has 2 aromatic rings. The monoisotopic (exact) mass is 247 g/mol. The number of para-hydroxylation sites is 1. The van der Waals surface area contributed by atoms with E-state index in [1.807, 2.05) is 29.9 Å². The predicted molar refractivity (Wildman–Crippen MR) is 73.5 cm³/mol. The summed E-state index contributed by atoms with van der Waals surface area (Å²) in [5, 5.41) is 18.4. The van der Waals surface area contributed by atoms with Gasteiger partial charge in [-0.15, -0.1) is 0 Å². The topological polar surface area (TPSA) is 50.1 Å². The zero-order valence-electron chi connectivity index (χ0n) is 11.1. The Kier molecular flexibility index (Phi) is 3.99. The van der Waals surface area contributed by atoms with E-state index in [0.717, 1.165) is 30.4 Å². The van der Waals surface area contributed by atoms with E-state index in [9.17, 15) is 5.11 Å². The maximum absolute atomic E-state index is 9.47. The number of nitrogens with zero attached hydrogens (tertiary/aromatic N) is 2. The van der Waals surface area contributed by atoms with Crippen LogP contribution in [0.2, 0.25) is 0 Å². The molecule has 0 bridgehead atoms. The summed E-state index contributed by atoms with van der Waals surface area (Å²) in [6.45, 7) is 5.90. The standard InChI is InChI=1S/C14H21N3O/c1-3-15-14(2,11-18)8-9-17-13-7-5-4-6-12(13)10-16-17/h4-7,10,15,18H,3,8-9,11H2,1-2H3. The lowest BCUT2D eigenvalue weighted by Crippen LogP contribution is -2.46. The second-order valence-electron chi connectivity index (χ2n) is 4.93. The lowest BCUT2D eigenvalue weighted by atomic mass is 9.99. The number of likely N-dealkylation sites (N-methyl/N-ethyl adjacent to an activating group) is 1. The van der Waals surface area contributed by atoms with Crippen molar-refractivity contribution >= 4 is 10.9 Å². The van der Waals surface area contributed by atoms with Gasteiger partial charge in [0.15, 0.2) is 0 Å². The normalized spacial score (nSPS) is 14.8. The molecule has 0 amide bonds. The molecule has 0 radical (unpaired) electrons. The first-order chi connectivity index (χ1) is 8.68. The first-order valence-corrected chi connectivity index (χ1v) is 6.45. The first kappa shape index (κ1) is 13.1. The summed E-state index contributed by atoms with van der Waals surface area (Å²) in [5.74, 6) is 0. The van der Waals surface area contributed by atoms with E-state index < -0.39 is 0 Å². The predicted octanol–water partition coefficient (Wildman–Crippen LogP) is 1.79. The highest BCUT2D eigenvalue weighted by atomic mass is 16.3. The molecule has 0 aliphatic heterocycles. The van der Waals surface area contributed by atoms with E-state index in [2.05, 4.69) is 29.5 Å². The minimum Gasteiger partial charge on any atom is -0.394 e. The van der Waals surface area contributed by atoms with E-state index in [0.29, 0.717) is 0 Å². The molecule has 2 N–H and O–H groups in total. The number of aliphatic hydroxyl groups is 1. The van der Waals surface area contributed by atoms with Crippen LogP contribution in [0.5, 0.6) is 0 Å². The van der Waals surface area contributed by atoms with Crippen LogP contribution in [0.1, 0.15) is 20.3 Å². The fourth-order valence-electron chi connectivity index (χ4n) is 2.21. The van der Waals surface area contributed by atoms with Crippen molar-refractivity contribution in [3.05, 3.63) is 30.5 Å². The van der Waals surface area contributed by atoms with Crippen LogP contribution in [-0.4, -0.2) is 33.6 Å². The van der Waals surface area contributed by atoms with Crippen molar-refractivity contribution in [3.63, 3.8) is 0 Å². The van der Waals surface area contributed by atoms with E-state index in [1.165, 1.54) is 0 Å². The van der Waals surface area contributed by atoms with Gasteiger partial charge in [-0.2, -0.15) is 5.10 Å². The molecule has 18 heavy (non-hydrogen) atoms. The molecular weight excluding hydrogens is 226 g/mol. The zero-order chi connectivity index (χ0) is 13.0. The lowest BCUT2D eigenvalue weighted by Gasteiger charge is -2.28. The van der Waals surface area contributed by atoms with Gasteiger partial charge in [0.05, 0.1) is 18.3 Å². The van der Waals surface area contributed by atoms with Gasteiger partial charge in [-0.05, 0) is 26.0 Å². The number of hydrogen-bond donors (Lipinski definition) is 2. The molecule has 0 aliphatic rings. The Morgan fingerprint density at radius 2 is 2.17 bits per heavy atom. The van der Waals surface area contributed by atoms with Crippen LogP contribution in [0.3, 0.4) is 0 Å². The SMILES string of the molecule is CCNC(C)(CO)CCn1ncc2ccccc21. The molecule has 1 atom stereocenters. The van der Waals surface area contributed by atoms with E-state index in [4.69, 9.17) is 0 Å². The van der Waals surface area contributed by atoms with Crippen molar-refractivity contribution in [2.24, 2.45) is 0 Å². The second-order valence-corrected chi connectivity index (χ2v) is 4.93.